The summed E-state index contributed by atoms with van der Waals surface area (Å²) >= 11 is 0. The van der Waals surface area contributed by atoms with Crippen molar-refractivity contribution in [2.75, 3.05) is 24.5 Å². The maximum atomic E-state index is 13.6. The highest BCUT2D eigenvalue weighted by atomic mass is 16.5. The number of rotatable bonds is 15. The van der Waals surface area contributed by atoms with Crippen LogP contribution in [0.3, 0.4) is 0 Å². The summed E-state index contributed by atoms with van der Waals surface area (Å²) in [6.07, 6.45) is 10.3. The van der Waals surface area contributed by atoms with Gasteiger partial charge in [-0.1, -0.05) is 73.0 Å². The molecule has 0 N–H and O–H groups in total. The highest BCUT2D eigenvalue weighted by Crippen LogP contribution is 2.37. The van der Waals surface area contributed by atoms with Gasteiger partial charge in [0.2, 0.25) is 11.6 Å². The number of hydrogen-bond donors (Lipinski definition) is 0. The first-order valence-electron chi connectivity index (χ1n) is 15.6. The lowest BCUT2D eigenvalue weighted by Gasteiger charge is -2.34. The molecule has 1 aliphatic heterocycles. The third kappa shape index (κ3) is 9.76. The maximum Gasteiger partial charge on any atom is 0.274 e. The molecule has 0 radical (unpaired) electrons. The van der Waals surface area contributed by atoms with E-state index >= 15 is 0 Å². The van der Waals surface area contributed by atoms with Crippen LogP contribution in [0.5, 0.6) is 5.75 Å². The average molecular weight is 584 g/mol. The van der Waals surface area contributed by atoms with Gasteiger partial charge in [0.1, 0.15) is 11.4 Å². The van der Waals surface area contributed by atoms with Crippen LogP contribution in [0.15, 0.2) is 46.9 Å². The zero-order valence-electron chi connectivity index (χ0n) is 27.5. The van der Waals surface area contributed by atoms with Gasteiger partial charge in [-0.2, -0.15) is 0 Å². The van der Waals surface area contributed by atoms with Gasteiger partial charge in [0.25, 0.3) is 5.70 Å². The molecule has 1 aromatic carbocycles. The van der Waals surface area contributed by atoms with Gasteiger partial charge < -0.3 is 14.5 Å². The van der Waals surface area contributed by atoms with Gasteiger partial charge in [0, 0.05) is 42.5 Å². The smallest absolute Gasteiger partial charge is 0.274 e. The lowest BCUT2D eigenvalue weighted by molar-refractivity contribution is -0.124. The minimum atomic E-state index is -0.453. The second-order valence-corrected chi connectivity index (χ2v) is 13.0. The van der Waals surface area contributed by atoms with Crippen LogP contribution in [0.25, 0.3) is 15.8 Å². The van der Waals surface area contributed by atoms with Crippen molar-refractivity contribution in [3.05, 3.63) is 75.3 Å². The SMILES string of the molecule is [C-]#[N+]C1=C(/C=C/c2ccc(N(CCCC)CCCC)cc2OC(C)(C)CC(C)(C)C)C(=O)N(CCCC)/C1=C(\C#N)[N+]#[C-]. The van der Waals surface area contributed by atoms with Gasteiger partial charge in [0.05, 0.1) is 24.9 Å². The monoisotopic (exact) mass is 583 g/mol. The normalized spacial score (nSPS) is 15.0. The molecule has 0 aromatic heterocycles. The van der Waals surface area contributed by atoms with Crippen LogP contribution in [0.1, 0.15) is 106 Å². The summed E-state index contributed by atoms with van der Waals surface area (Å²) in [5.74, 6) is 0.355. The number of unbranched alkanes of at least 4 members (excludes halogenated alkanes) is 3. The minimum Gasteiger partial charge on any atom is -0.487 e. The summed E-state index contributed by atoms with van der Waals surface area (Å²) < 4.78 is 6.73. The minimum absolute atomic E-state index is 0.0439. The quantitative estimate of drug-likeness (QED) is 0.153. The number of carbonyl (C=O) groups excluding carboxylic acids is 1. The van der Waals surface area contributed by atoms with E-state index in [4.69, 9.17) is 17.9 Å². The van der Waals surface area contributed by atoms with Crippen molar-refractivity contribution in [3.63, 3.8) is 0 Å². The first-order valence-corrected chi connectivity index (χ1v) is 15.6. The number of ether oxygens (including phenoxy) is 1. The summed E-state index contributed by atoms with van der Waals surface area (Å²) in [4.78, 5) is 24.3. The lowest BCUT2D eigenvalue weighted by atomic mass is 9.83. The van der Waals surface area contributed by atoms with Crippen LogP contribution in [0, 0.1) is 29.9 Å². The van der Waals surface area contributed by atoms with Gasteiger partial charge in [-0.05, 0) is 57.1 Å². The Morgan fingerprint density at radius 1 is 1.02 bits per heavy atom. The zero-order chi connectivity index (χ0) is 32.2. The molecule has 0 unspecified atom stereocenters. The fourth-order valence-electron chi connectivity index (χ4n) is 5.57. The van der Waals surface area contributed by atoms with Crippen LogP contribution in [-0.4, -0.2) is 36.0 Å². The first-order chi connectivity index (χ1) is 20.4. The molecule has 0 spiro atoms. The second-order valence-electron chi connectivity index (χ2n) is 13.0. The van der Waals surface area contributed by atoms with Gasteiger partial charge in [0.15, 0.2) is 0 Å². The summed E-state index contributed by atoms with van der Waals surface area (Å²) in [6.45, 7) is 34.8. The summed E-state index contributed by atoms with van der Waals surface area (Å²) in [5.41, 5.74) is 1.61. The molecule has 1 aliphatic rings. The van der Waals surface area contributed by atoms with E-state index in [2.05, 4.69) is 75.2 Å². The molecular formula is C36H49N5O2. The van der Waals surface area contributed by atoms with Crippen LogP contribution in [0.2, 0.25) is 0 Å². The van der Waals surface area contributed by atoms with E-state index in [0.717, 1.165) is 62.9 Å². The molecule has 0 atom stereocenters. The molecular weight excluding hydrogens is 534 g/mol. The number of nitriles is 1. The molecule has 1 heterocycles. The Labute approximate surface area is 260 Å². The Morgan fingerprint density at radius 3 is 2.16 bits per heavy atom. The summed E-state index contributed by atoms with van der Waals surface area (Å²) in [6, 6.07) is 8.10. The second kappa shape index (κ2) is 16.0. The molecule has 1 amide bonds. The van der Waals surface area contributed by atoms with E-state index in [9.17, 15) is 10.1 Å². The van der Waals surface area contributed by atoms with Gasteiger partial charge >= 0.3 is 0 Å². The molecule has 230 valence electrons. The van der Waals surface area contributed by atoms with Gasteiger partial charge in [-0.3, -0.25) is 4.79 Å². The number of carbonyl (C=O) groups is 1. The van der Waals surface area contributed by atoms with Gasteiger partial charge in [-0.25, -0.2) is 15.0 Å². The lowest BCUT2D eigenvalue weighted by Crippen LogP contribution is -2.33. The molecule has 0 aliphatic carbocycles. The Balaban J connectivity index is 2.67. The highest BCUT2D eigenvalue weighted by Gasteiger charge is 2.36. The van der Waals surface area contributed by atoms with Crippen molar-refractivity contribution in [2.45, 2.75) is 106 Å². The largest absolute Gasteiger partial charge is 0.487 e. The van der Waals surface area contributed by atoms with E-state index in [0.29, 0.717) is 18.7 Å². The third-order valence-corrected chi connectivity index (χ3v) is 7.21. The summed E-state index contributed by atoms with van der Waals surface area (Å²) in [5, 5.41) is 9.60. The Morgan fingerprint density at radius 2 is 1.65 bits per heavy atom. The predicted octanol–water partition coefficient (Wildman–Crippen LogP) is 9.17. The van der Waals surface area contributed by atoms with E-state index in [-0.39, 0.29) is 34.0 Å². The number of allylic oxidation sites excluding steroid dienone is 1. The molecule has 2 rings (SSSR count). The Kier molecular flexibility index (Phi) is 13.1. The zero-order valence-corrected chi connectivity index (χ0v) is 27.5. The summed E-state index contributed by atoms with van der Waals surface area (Å²) in [7, 11) is 0. The molecule has 1 aromatic rings. The van der Waals surface area contributed by atoms with E-state index < -0.39 is 5.60 Å². The molecule has 0 fully saturated rings. The van der Waals surface area contributed by atoms with Crippen molar-refractivity contribution >= 4 is 17.7 Å². The molecule has 7 nitrogen and oxygen atoms in total. The molecule has 0 saturated carbocycles. The fraction of sp³-hybridized carbons (Fsp3) is 0.556. The van der Waals surface area contributed by atoms with Crippen LogP contribution < -0.4 is 9.64 Å². The molecule has 43 heavy (non-hydrogen) atoms. The molecule has 0 saturated heterocycles. The van der Waals surface area contributed by atoms with E-state index in [1.165, 1.54) is 4.90 Å². The van der Waals surface area contributed by atoms with Crippen molar-refractivity contribution in [1.82, 2.24) is 4.90 Å². The number of benzene rings is 1. The average Bonchev–Trinajstić information content (AvgIpc) is 3.20. The first kappa shape index (κ1) is 35.2. The van der Waals surface area contributed by atoms with Crippen LogP contribution in [0.4, 0.5) is 5.69 Å². The number of nitrogens with zero attached hydrogens (tertiary/aromatic N) is 5. The van der Waals surface area contributed by atoms with E-state index in [1.807, 2.05) is 25.1 Å². The van der Waals surface area contributed by atoms with Gasteiger partial charge in [-0.15, -0.1) is 0 Å². The van der Waals surface area contributed by atoms with Crippen molar-refractivity contribution in [2.24, 2.45) is 5.41 Å². The predicted molar refractivity (Wildman–Crippen MR) is 176 cm³/mol. The maximum absolute atomic E-state index is 13.6. The number of anilines is 1. The fourth-order valence-corrected chi connectivity index (χ4v) is 5.57. The molecule has 7 heteroatoms. The van der Waals surface area contributed by atoms with Crippen molar-refractivity contribution in [1.29, 1.82) is 5.26 Å². The van der Waals surface area contributed by atoms with Crippen molar-refractivity contribution < 1.29 is 9.53 Å². The number of amides is 1. The number of hydrogen-bond acceptors (Lipinski definition) is 4. The van der Waals surface area contributed by atoms with Crippen LogP contribution in [-0.2, 0) is 4.79 Å². The standard InChI is InChI=1S/C36H49N5O2/c1-11-14-21-40(22-15-12-2)28-19-17-27(31(24-28)43-36(7,8)26-35(4,5)6)18-20-29-32(39-10)33(30(25-37)38-9)41(34(29)42)23-16-13-3/h17-20,24H,11-16,21-23,26H2,1-8H3/b20-18+,33-30+. The van der Waals surface area contributed by atoms with E-state index in [1.54, 1.807) is 6.08 Å². The molecule has 0 bridgehead atoms. The Hall–Kier alpha value is -4.02. The third-order valence-electron chi connectivity index (χ3n) is 7.21. The topological polar surface area (TPSA) is 65.3 Å². The van der Waals surface area contributed by atoms with Crippen LogP contribution >= 0.6 is 0 Å². The van der Waals surface area contributed by atoms with Crippen molar-refractivity contribution in [3.8, 4) is 11.8 Å². The Bertz CT molecular complexity index is 1330. The highest BCUT2D eigenvalue weighted by molar-refractivity contribution is 6.04.